The van der Waals surface area contributed by atoms with Gasteiger partial charge in [0.1, 0.15) is 10.7 Å². The highest BCUT2D eigenvalue weighted by Gasteiger charge is 2.30. The Labute approximate surface area is 238 Å². The second-order valence-corrected chi connectivity index (χ2v) is 11.9. The van der Waals surface area contributed by atoms with Gasteiger partial charge in [-0.1, -0.05) is 36.4 Å². The average Bonchev–Trinajstić information content (AvgIpc) is 3.50. The van der Waals surface area contributed by atoms with Crippen molar-refractivity contribution in [2.24, 2.45) is 0 Å². The minimum atomic E-state index is 0.0262. The molecular weight excluding hydrogens is 526 g/mol. The molecule has 1 atom stereocenters. The van der Waals surface area contributed by atoms with Gasteiger partial charge in [-0.15, -0.1) is 29.7 Å². The molecule has 2 amide bonds. The lowest BCUT2D eigenvalue weighted by molar-refractivity contribution is 0.0577. The predicted molar refractivity (Wildman–Crippen MR) is 157 cm³/mol. The van der Waals surface area contributed by atoms with E-state index in [0.717, 1.165) is 36.0 Å². The highest BCUT2D eigenvalue weighted by Crippen LogP contribution is 2.32. The van der Waals surface area contributed by atoms with E-state index in [0.29, 0.717) is 49.2 Å². The number of benzene rings is 1. The molecule has 0 saturated carbocycles. The monoisotopic (exact) mass is 561 g/mol. The van der Waals surface area contributed by atoms with Gasteiger partial charge in [-0.05, 0) is 37.5 Å². The molecule has 1 unspecified atom stereocenters. The standard InChI is InChI=1S/C30H35N5O2S2/c1-3-20-38-28-25(10-7-13-31-28)29(36)34-14-11-24(12-15-34)27-32-26(21-39-27)30(37)35-18-16-33(17-19-35)22(2)23-8-5-4-6-9-23/h3-10,13,21-22,24H,1,11-12,14-20H2,2H3. The smallest absolute Gasteiger partial charge is 0.273 e. The quantitative estimate of drug-likeness (QED) is 0.273. The number of carbonyl (C=O) groups excluding carboxylic acids is 2. The molecule has 4 heterocycles. The summed E-state index contributed by atoms with van der Waals surface area (Å²) in [5.74, 6) is 1.04. The Kier molecular flexibility index (Phi) is 9.11. The van der Waals surface area contributed by atoms with E-state index in [9.17, 15) is 9.59 Å². The van der Waals surface area contributed by atoms with Crippen LogP contribution in [0.1, 0.15) is 63.1 Å². The van der Waals surface area contributed by atoms with E-state index in [1.807, 2.05) is 39.5 Å². The first kappa shape index (κ1) is 27.6. The number of amides is 2. The van der Waals surface area contributed by atoms with Gasteiger partial charge >= 0.3 is 0 Å². The molecule has 0 spiro atoms. The number of aromatic nitrogens is 2. The van der Waals surface area contributed by atoms with E-state index < -0.39 is 0 Å². The molecule has 2 aromatic heterocycles. The first-order valence-electron chi connectivity index (χ1n) is 13.6. The average molecular weight is 562 g/mol. The van der Waals surface area contributed by atoms with Crippen LogP contribution in [-0.2, 0) is 0 Å². The van der Waals surface area contributed by atoms with Crippen molar-refractivity contribution in [3.8, 4) is 0 Å². The molecule has 9 heteroatoms. The molecule has 204 valence electrons. The molecule has 2 aliphatic rings. The molecule has 0 bridgehead atoms. The van der Waals surface area contributed by atoms with Gasteiger partial charge in [0, 0.05) is 68.6 Å². The summed E-state index contributed by atoms with van der Waals surface area (Å²) in [6.45, 7) is 10.5. The highest BCUT2D eigenvalue weighted by atomic mass is 32.2. The first-order chi connectivity index (χ1) is 19.0. The normalized spacial score (nSPS) is 17.7. The van der Waals surface area contributed by atoms with Crippen molar-refractivity contribution in [3.63, 3.8) is 0 Å². The number of carbonyl (C=O) groups is 2. The largest absolute Gasteiger partial charge is 0.339 e. The molecule has 2 aliphatic heterocycles. The number of piperidine rings is 1. The van der Waals surface area contributed by atoms with Gasteiger partial charge in [0.15, 0.2) is 0 Å². The van der Waals surface area contributed by atoms with Crippen LogP contribution in [0.2, 0.25) is 0 Å². The van der Waals surface area contributed by atoms with E-state index in [1.165, 1.54) is 17.3 Å². The second-order valence-electron chi connectivity index (χ2n) is 10.0. The van der Waals surface area contributed by atoms with Gasteiger partial charge in [0.2, 0.25) is 0 Å². The maximum atomic E-state index is 13.2. The van der Waals surface area contributed by atoms with Crippen molar-refractivity contribution < 1.29 is 9.59 Å². The Morgan fingerprint density at radius 3 is 2.46 bits per heavy atom. The number of thiazole rings is 1. The number of nitrogens with zero attached hydrogens (tertiary/aromatic N) is 5. The van der Waals surface area contributed by atoms with E-state index in [4.69, 9.17) is 4.98 Å². The fraction of sp³-hybridized carbons (Fsp3) is 0.400. The second kappa shape index (κ2) is 12.9. The van der Waals surface area contributed by atoms with Crippen LogP contribution in [0.5, 0.6) is 0 Å². The summed E-state index contributed by atoms with van der Waals surface area (Å²) in [6.07, 6.45) is 5.23. The van der Waals surface area contributed by atoms with Crippen molar-refractivity contribution in [1.82, 2.24) is 24.7 Å². The highest BCUT2D eigenvalue weighted by molar-refractivity contribution is 7.99. The molecule has 2 fully saturated rings. The lowest BCUT2D eigenvalue weighted by atomic mass is 9.97. The molecule has 0 N–H and O–H groups in total. The molecule has 2 saturated heterocycles. The fourth-order valence-corrected chi connectivity index (χ4v) is 6.98. The number of likely N-dealkylation sites (tertiary alicyclic amines) is 1. The minimum absolute atomic E-state index is 0.0262. The van der Waals surface area contributed by atoms with Crippen LogP contribution < -0.4 is 0 Å². The summed E-state index contributed by atoms with van der Waals surface area (Å²) in [5.41, 5.74) is 2.52. The number of piperazine rings is 1. The summed E-state index contributed by atoms with van der Waals surface area (Å²) in [7, 11) is 0. The Morgan fingerprint density at radius 1 is 1.03 bits per heavy atom. The maximum absolute atomic E-state index is 13.2. The molecule has 39 heavy (non-hydrogen) atoms. The summed E-state index contributed by atoms with van der Waals surface area (Å²) in [6, 6.07) is 14.5. The van der Waals surface area contributed by atoms with Crippen molar-refractivity contribution in [3.05, 3.63) is 88.5 Å². The Morgan fingerprint density at radius 2 is 1.74 bits per heavy atom. The lowest BCUT2D eigenvalue weighted by Gasteiger charge is -2.38. The number of thioether (sulfide) groups is 1. The van der Waals surface area contributed by atoms with Crippen LogP contribution in [0.25, 0.3) is 0 Å². The molecule has 3 aromatic rings. The van der Waals surface area contributed by atoms with Gasteiger partial charge in [-0.3, -0.25) is 14.5 Å². The zero-order chi connectivity index (χ0) is 27.2. The third kappa shape index (κ3) is 6.42. The molecular formula is C30H35N5O2S2. The molecule has 1 aromatic carbocycles. The summed E-state index contributed by atoms with van der Waals surface area (Å²) >= 11 is 3.10. The maximum Gasteiger partial charge on any atom is 0.273 e. The van der Waals surface area contributed by atoms with E-state index in [2.05, 4.69) is 47.7 Å². The topological polar surface area (TPSA) is 69.6 Å². The van der Waals surface area contributed by atoms with Crippen LogP contribution in [0.4, 0.5) is 0 Å². The SMILES string of the molecule is C=CCSc1ncccc1C(=O)N1CCC(c2nc(C(=O)N3CCN(C(C)c4ccccc4)CC3)cs2)CC1. The van der Waals surface area contributed by atoms with Crippen LogP contribution in [-0.4, -0.2) is 81.5 Å². The van der Waals surface area contributed by atoms with Crippen LogP contribution in [0.3, 0.4) is 0 Å². The Hall–Kier alpha value is -3.01. The summed E-state index contributed by atoms with van der Waals surface area (Å²) in [5, 5.41) is 3.67. The van der Waals surface area contributed by atoms with Crippen molar-refractivity contribution >= 4 is 34.9 Å². The molecule has 7 nitrogen and oxygen atoms in total. The summed E-state index contributed by atoms with van der Waals surface area (Å²) in [4.78, 5) is 41.9. The van der Waals surface area contributed by atoms with Crippen molar-refractivity contribution in [1.29, 1.82) is 0 Å². The van der Waals surface area contributed by atoms with Crippen LogP contribution >= 0.6 is 23.1 Å². The van der Waals surface area contributed by atoms with Crippen LogP contribution in [0, 0.1) is 0 Å². The van der Waals surface area contributed by atoms with Gasteiger partial charge < -0.3 is 9.80 Å². The first-order valence-corrected chi connectivity index (χ1v) is 15.4. The molecule has 5 rings (SSSR count). The van der Waals surface area contributed by atoms with Gasteiger partial charge in [-0.2, -0.15) is 0 Å². The zero-order valence-electron chi connectivity index (χ0n) is 22.4. The van der Waals surface area contributed by atoms with E-state index in [1.54, 1.807) is 17.5 Å². The number of hydrogen-bond acceptors (Lipinski definition) is 7. The number of rotatable bonds is 8. The number of hydrogen-bond donors (Lipinski definition) is 0. The summed E-state index contributed by atoms with van der Waals surface area (Å²) < 4.78 is 0. The van der Waals surface area contributed by atoms with Crippen LogP contribution in [0.15, 0.2) is 71.7 Å². The fourth-order valence-electron chi connectivity index (χ4n) is 5.30. The zero-order valence-corrected chi connectivity index (χ0v) is 24.0. The number of pyridine rings is 1. The lowest BCUT2D eigenvalue weighted by Crippen LogP contribution is -2.49. The van der Waals surface area contributed by atoms with Gasteiger partial charge in [0.05, 0.1) is 10.6 Å². The molecule has 0 radical (unpaired) electrons. The van der Waals surface area contributed by atoms with E-state index in [-0.39, 0.29) is 17.7 Å². The van der Waals surface area contributed by atoms with Crippen molar-refractivity contribution in [2.75, 3.05) is 45.0 Å². The van der Waals surface area contributed by atoms with Gasteiger partial charge in [-0.25, -0.2) is 9.97 Å². The third-order valence-corrected chi connectivity index (χ3v) is 9.65. The van der Waals surface area contributed by atoms with Gasteiger partial charge in [0.25, 0.3) is 11.8 Å². The third-order valence-electron chi connectivity index (χ3n) is 7.64. The minimum Gasteiger partial charge on any atom is -0.339 e. The Bertz CT molecular complexity index is 1280. The van der Waals surface area contributed by atoms with Crippen molar-refractivity contribution in [2.45, 2.75) is 36.8 Å². The Balaban J connectivity index is 1.13. The predicted octanol–water partition coefficient (Wildman–Crippen LogP) is 5.36. The van der Waals surface area contributed by atoms with E-state index >= 15 is 0 Å². The molecule has 0 aliphatic carbocycles.